The maximum Gasteiger partial charge on any atom is 0.344 e. The Morgan fingerprint density at radius 2 is 2.33 bits per heavy atom. The molecule has 0 aromatic carbocycles. The molecule has 2 aromatic heterocycles. The number of nitrogens with one attached hydrogen (secondary N) is 1. The van der Waals surface area contributed by atoms with Crippen molar-refractivity contribution >= 4 is 17.6 Å². The van der Waals surface area contributed by atoms with Crippen molar-refractivity contribution in [3.63, 3.8) is 0 Å². The average molecular weight is 306 g/mol. The highest BCUT2D eigenvalue weighted by Crippen LogP contribution is 2.37. The number of oxime groups is 1. The summed E-state index contributed by atoms with van der Waals surface area (Å²) >= 11 is 1.28. The molecule has 0 saturated heterocycles. The average Bonchev–Trinajstić information content (AvgIpc) is 3.22. The molecular formula is C12H14N6O2S. The topological polar surface area (TPSA) is 122 Å². The molecule has 0 unspecified atom stereocenters. The third kappa shape index (κ3) is 2.77. The van der Waals surface area contributed by atoms with Crippen molar-refractivity contribution in [1.82, 2.24) is 19.7 Å². The first-order valence-corrected chi connectivity index (χ1v) is 7.21. The SMILES string of the molecule is Cc1cc(/C(N)=N/O)cc(Sc2n[nH]c(=O)n2C2CC2)n1. The summed E-state index contributed by atoms with van der Waals surface area (Å²) in [6, 6.07) is 3.65. The lowest BCUT2D eigenvalue weighted by Gasteiger charge is -2.06. The van der Waals surface area contributed by atoms with Gasteiger partial charge in [0, 0.05) is 17.3 Å². The zero-order valence-electron chi connectivity index (χ0n) is 11.3. The van der Waals surface area contributed by atoms with E-state index in [0.717, 1.165) is 18.5 Å². The predicted octanol–water partition coefficient (Wildman–Crippen LogP) is 0.855. The standard InChI is InChI=1S/C12H14N6O2S/c1-6-4-7(10(13)17-20)5-9(14-6)21-12-16-15-11(19)18(12)8-2-3-8/h4-5,8,20H,2-3H2,1H3,(H2,13,17)(H,15,19). The number of aromatic amines is 1. The van der Waals surface area contributed by atoms with Gasteiger partial charge >= 0.3 is 5.69 Å². The van der Waals surface area contributed by atoms with Crippen LogP contribution in [0.1, 0.15) is 30.1 Å². The normalized spacial score (nSPS) is 15.4. The van der Waals surface area contributed by atoms with E-state index in [1.54, 1.807) is 16.7 Å². The molecule has 1 aliphatic carbocycles. The first-order valence-electron chi connectivity index (χ1n) is 6.40. The van der Waals surface area contributed by atoms with Crippen molar-refractivity contribution in [1.29, 1.82) is 0 Å². The van der Waals surface area contributed by atoms with E-state index in [1.165, 1.54) is 11.8 Å². The fraction of sp³-hybridized carbons (Fsp3) is 0.333. The number of rotatable bonds is 4. The van der Waals surface area contributed by atoms with E-state index in [2.05, 4.69) is 20.3 Å². The summed E-state index contributed by atoms with van der Waals surface area (Å²) in [5.41, 5.74) is 6.71. The number of pyridine rings is 1. The minimum atomic E-state index is -0.204. The van der Waals surface area contributed by atoms with Gasteiger partial charge in [0.15, 0.2) is 11.0 Å². The molecule has 1 aliphatic rings. The number of hydrogen-bond donors (Lipinski definition) is 3. The minimum absolute atomic E-state index is 0.0176. The Kier molecular flexibility index (Phi) is 3.42. The molecule has 1 fully saturated rings. The van der Waals surface area contributed by atoms with E-state index in [1.807, 2.05) is 6.92 Å². The van der Waals surface area contributed by atoms with E-state index in [4.69, 9.17) is 10.9 Å². The lowest BCUT2D eigenvalue weighted by Crippen LogP contribution is -2.16. The zero-order chi connectivity index (χ0) is 15.0. The van der Waals surface area contributed by atoms with Crippen LogP contribution in [0.25, 0.3) is 0 Å². The van der Waals surface area contributed by atoms with Gasteiger partial charge in [-0.25, -0.2) is 14.9 Å². The fourth-order valence-electron chi connectivity index (χ4n) is 2.01. The molecule has 8 nitrogen and oxygen atoms in total. The number of H-pyrrole nitrogens is 1. The molecule has 0 amide bonds. The Morgan fingerprint density at radius 3 is 3.00 bits per heavy atom. The molecule has 2 heterocycles. The van der Waals surface area contributed by atoms with Crippen LogP contribution in [0.3, 0.4) is 0 Å². The molecule has 9 heteroatoms. The zero-order valence-corrected chi connectivity index (χ0v) is 12.1. The second kappa shape index (κ2) is 5.24. The molecule has 0 aliphatic heterocycles. The number of amidine groups is 1. The summed E-state index contributed by atoms with van der Waals surface area (Å²) in [6.45, 7) is 1.82. The number of aryl methyl sites for hydroxylation is 1. The van der Waals surface area contributed by atoms with Crippen LogP contribution in [0.5, 0.6) is 0 Å². The van der Waals surface area contributed by atoms with Crippen molar-refractivity contribution in [2.45, 2.75) is 36.0 Å². The van der Waals surface area contributed by atoms with E-state index in [-0.39, 0.29) is 17.6 Å². The van der Waals surface area contributed by atoms with Crippen LogP contribution < -0.4 is 11.4 Å². The molecule has 2 aromatic rings. The van der Waals surface area contributed by atoms with Crippen LogP contribution in [0.4, 0.5) is 0 Å². The smallest absolute Gasteiger partial charge is 0.344 e. The lowest BCUT2D eigenvalue weighted by molar-refractivity contribution is 0.318. The number of aromatic nitrogens is 4. The third-order valence-electron chi connectivity index (χ3n) is 3.11. The molecular weight excluding hydrogens is 292 g/mol. The second-order valence-corrected chi connectivity index (χ2v) is 5.82. The van der Waals surface area contributed by atoms with Gasteiger partial charge < -0.3 is 10.9 Å². The van der Waals surface area contributed by atoms with Crippen LogP contribution in [-0.4, -0.2) is 30.8 Å². The number of nitrogens with zero attached hydrogens (tertiary/aromatic N) is 4. The molecule has 21 heavy (non-hydrogen) atoms. The molecule has 0 radical (unpaired) electrons. The maximum absolute atomic E-state index is 11.7. The lowest BCUT2D eigenvalue weighted by atomic mass is 10.2. The quantitative estimate of drug-likeness (QED) is 0.333. The van der Waals surface area contributed by atoms with Gasteiger partial charge in [0.1, 0.15) is 5.03 Å². The number of hydrogen-bond acceptors (Lipinski definition) is 6. The van der Waals surface area contributed by atoms with E-state index >= 15 is 0 Å². The molecule has 0 spiro atoms. The van der Waals surface area contributed by atoms with E-state index in [0.29, 0.717) is 15.7 Å². The third-order valence-corrected chi connectivity index (χ3v) is 4.00. The Morgan fingerprint density at radius 1 is 1.57 bits per heavy atom. The molecule has 4 N–H and O–H groups in total. The summed E-state index contributed by atoms with van der Waals surface area (Å²) in [5.74, 6) is 0.0176. The van der Waals surface area contributed by atoms with Crippen molar-refractivity contribution in [2.24, 2.45) is 10.9 Å². The Bertz CT molecular complexity index is 761. The van der Waals surface area contributed by atoms with E-state index in [9.17, 15) is 4.79 Å². The molecule has 0 atom stereocenters. The van der Waals surface area contributed by atoms with Gasteiger partial charge in [-0.05, 0) is 43.7 Å². The monoisotopic (exact) mass is 306 g/mol. The van der Waals surface area contributed by atoms with Crippen LogP contribution in [0, 0.1) is 6.92 Å². The van der Waals surface area contributed by atoms with Crippen molar-refractivity contribution < 1.29 is 5.21 Å². The minimum Gasteiger partial charge on any atom is -0.409 e. The van der Waals surface area contributed by atoms with Crippen LogP contribution >= 0.6 is 11.8 Å². The van der Waals surface area contributed by atoms with Crippen molar-refractivity contribution in [2.75, 3.05) is 0 Å². The summed E-state index contributed by atoms with van der Waals surface area (Å²) in [7, 11) is 0. The summed E-state index contributed by atoms with van der Waals surface area (Å²) < 4.78 is 1.65. The highest BCUT2D eigenvalue weighted by atomic mass is 32.2. The Hall–Kier alpha value is -2.29. The first-order chi connectivity index (χ1) is 10.1. The van der Waals surface area contributed by atoms with Gasteiger partial charge in [-0.2, -0.15) is 0 Å². The first kappa shape index (κ1) is 13.7. The fourth-order valence-corrected chi connectivity index (χ4v) is 2.99. The summed E-state index contributed by atoms with van der Waals surface area (Å²) in [5, 5.41) is 19.5. The molecule has 110 valence electrons. The van der Waals surface area contributed by atoms with Gasteiger partial charge in [0.05, 0.1) is 0 Å². The molecule has 3 rings (SSSR count). The van der Waals surface area contributed by atoms with Crippen molar-refractivity contribution in [3.05, 3.63) is 33.9 Å². The Labute approximate surface area is 124 Å². The predicted molar refractivity (Wildman–Crippen MR) is 76.7 cm³/mol. The second-order valence-electron chi connectivity index (χ2n) is 4.84. The van der Waals surface area contributed by atoms with Crippen LogP contribution in [-0.2, 0) is 0 Å². The molecule has 0 bridgehead atoms. The van der Waals surface area contributed by atoms with Crippen LogP contribution in [0.15, 0.2) is 32.3 Å². The van der Waals surface area contributed by atoms with Gasteiger partial charge in [-0.3, -0.25) is 4.57 Å². The summed E-state index contributed by atoms with van der Waals surface area (Å²) in [4.78, 5) is 16.1. The van der Waals surface area contributed by atoms with Gasteiger partial charge in [0.2, 0.25) is 0 Å². The van der Waals surface area contributed by atoms with Gasteiger partial charge in [-0.1, -0.05) is 5.16 Å². The highest BCUT2D eigenvalue weighted by molar-refractivity contribution is 7.99. The van der Waals surface area contributed by atoms with Crippen molar-refractivity contribution in [3.8, 4) is 0 Å². The van der Waals surface area contributed by atoms with Gasteiger partial charge in [-0.15, -0.1) is 5.10 Å². The number of nitrogens with two attached hydrogens (primary N) is 1. The molecule has 1 saturated carbocycles. The largest absolute Gasteiger partial charge is 0.409 e. The highest BCUT2D eigenvalue weighted by Gasteiger charge is 2.29. The van der Waals surface area contributed by atoms with Crippen LogP contribution in [0.2, 0.25) is 0 Å². The summed E-state index contributed by atoms with van der Waals surface area (Å²) in [6.07, 6.45) is 1.98. The van der Waals surface area contributed by atoms with Gasteiger partial charge in [0.25, 0.3) is 0 Å². The van der Waals surface area contributed by atoms with E-state index < -0.39 is 0 Å². The maximum atomic E-state index is 11.7. The Balaban J connectivity index is 1.95.